The molecule has 0 aromatic carbocycles. The predicted octanol–water partition coefficient (Wildman–Crippen LogP) is 1.76. The summed E-state index contributed by atoms with van der Waals surface area (Å²) in [7, 11) is 0. The van der Waals surface area contributed by atoms with Gasteiger partial charge in [-0.3, -0.25) is 15.5 Å². The van der Waals surface area contributed by atoms with Crippen LogP contribution in [0.4, 0.5) is 17.5 Å². The number of anilines is 2. The van der Waals surface area contributed by atoms with Crippen molar-refractivity contribution in [3.05, 3.63) is 38.7 Å². The van der Waals surface area contributed by atoms with E-state index >= 15 is 0 Å². The molecule has 0 aliphatic rings. The smallest absolute Gasteiger partial charge is 0.329 e. The number of hydrogen-bond acceptors (Lipinski definition) is 8. The second kappa shape index (κ2) is 6.26. The van der Waals surface area contributed by atoms with Gasteiger partial charge in [-0.15, -0.1) is 11.3 Å². The summed E-state index contributed by atoms with van der Waals surface area (Å²) < 4.78 is 0. The lowest BCUT2D eigenvalue weighted by Gasteiger charge is -2.21. The third-order valence-corrected chi connectivity index (χ3v) is 3.55. The first-order valence-electron chi connectivity index (χ1n) is 5.91. The van der Waals surface area contributed by atoms with E-state index in [4.69, 9.17) is 5.84 Å². The molecule has 3 N–H and O–H groups in total. The van der Waals surface area contributed by atoms with Crippen LogP contribution in [0.2, 0.25) is 0 Å². The monoisotopic (exact) mass is 294 g/mol. The van der Waals surface area contributed by atoms with Crippen LogP contribution in [-0.4, -0.2) is 21.4 Å². The Morgan fingerprint density at radius 3 is 2.95 bits per heavy atom. The summed E-state index contributed by atoms with van der Waals surface area (Å²) in [5.74, 6) is 5.67. The minimum atomic E-state index is -0.493. The fourth-order valence-electron chi connectivity index (χ4n) is 1.72. The Bertz CT molecular complexity index is 589. The van der Waals surface area contributed by atoms with Crippen LogP contribution in [0.3, 0.4) is 0 Å². The molecule has 0 bridgehead atoms. The van der Waals surface area contributed by atoms with E-state index in [1.807, 2.05) is 29.3 Å². The van der Waals surface area contributed by atoms with Crippen molar-refractivity contribution in [3.63, 3.8) is 0 Å². The normalized spacial score (nSPS) is 10.3. The molecule has 0 unspecified atom stereocenters. The Morgan fingerprint density at radius 1 is 1.60 bits per heavy atom. The van der Waals surface area contributed by atoms with Crippen LogP contribution in [0.5, 0.6) is 0 Å². The zero-order valence-corrected chi connectivity index (χ0v) is 11.6. The van der Waals surface area contributed by atoms with Gasteiger partial charge in [0.25, 0.3) is 0 Å². The van der Waals surface area contributed by atoms with Gasteiger partial charge in [0.15, 0.2) is 0 Å². The largest absolute Gasteiger partial charge is 0.346 e. The first kappa shape index (κ1) is 14.2. The van der Waals surface area contributed by atoms with Crippen LogP contribution in [0.1, 0.15) is 11.8 Å². The van der Waals surface area contributed by atoms with Gasteiger partial charge in [0.2, 0.25) is 11.8 Å². The summed E-state index contributed by atoms with van der Waals surface area (Å²) in [5, 5.41) is 13.1. The number of rotatable bonds is 6. The van der Waals surface area contributed by atoms with Crippen LogP contribution < -0.4 is 16.2 Å². The van der Waals surface area contributed by atoms with Crippen molar-refractivity contribution in [1.29, 1.82) is 0 Å². The Labute approximate surface area is 119 Å². The number of nitrogens with zero attached hydrogens (tertiary/aromatic N) is 4. The summed E-state index contributed by atoms with van der Waals surface area (Å²) in [5.41, 5.74) is 2.17. The van der Waals surface area contributed by atoms with Gasteiger partial charge in [0, 0.05) is 11.4 Å². The lowest BCUT2D eigenvalue weighted by atomic mass is 10.3. The molecular formula is C11H14N6O2S. The molecule has 9 heteroatoms. The number of hydrazine groups is 1. The standard InChI is InChI=1S/C11H14N6O2S/c1-2-16(7-8-4-3-5-20-8)10-9(17(18)19)6-13-11(14-10)15-12/h3-6H,2,7,12H2,1H3,(H,13,14,15). The highest BCUT2D eigenvalue weighted by atomic mass is 32.1. The molecule has 0 spiro atoms. The maximum Gasteiger partial charge on any atom is 0.329 e. The molecule has 0 aliphatic heterocycles. The first-order valence-corrected chi connectivity index (χ1v) is 6.79. The van der Waals surface area contributed by atoms with Crippen LogP contribution in [0.25, 0.3) is 0 Å². The molecule has 20 heavy (non-hydrogen) atoms. The Kier molecular flexibility index (Phi) is 4.43. The fourth-order valence-corrected chi connectivity index (χ4v) is 2.44. The zero-order chi connectivity index (χ0) is 14.5. The van der Waals surface area contributed by atoms with Crippen LogP contribution in [0, 0.1) is 10.1 Å². The minimum Gasteiger partial charge on any atom is -0.346 e. The third-order valence-electron chi connectivity index (χ3n) is 2.68. The van der Waals surface area contributed by atoms with Gasteiger partial charge >= 0.3 is 5.69 Å². The molecule has 0 saturated carbocycles. The summed E-state index contributed by atoms with van der Waals surface area (Å²) >= 11 is 1.59. The van der Waals surface area contributed by atoms with Crippen LogP contribution >= 0.6 is 11.3 Å². The lowest BCUT2D eigenvalue weighted by molar-refractivity contribution is -0.384. The highest BCUT2D eigenvalue weighted by Gasteiger charge is 2.22. The van der Waals surface area contributed by atoms with E-state index in [9.17, 15) is 10.1 Å². The molecule has 8 nitrogen and oxygen atoms in total. The SMILES string of the molecule is CCN(Cc1cccs1)c1nc(NN)ncc1[N+](=O)[O-]. The number of nitrogens with one attached hydrogen (secondary N) is 1. The van der Waals surface area contributed by atoms with E-state index in [0.29, 0.717) is 13.1 Å². The molecule has 0 amide bonds. The number of aromatic nitrogens is 2. The second-order valence-corrected chi connectivity index (χ2v) is 4.93. The van der Waals surface area contributed by atoms with E-state index < -0.39 is 4.92 Å². The van der Waals surface area contributed by atoms with Crippen molar-refractivity contribution in [1.82, 2.24) is 9.97 Å². The highest BCUT2D eigenvalue weighted by molar-refractivity contribution is 7.09. The molecule has 2 aromatic rings. The van der Waals surface area contributed by atoms with Gasteiger partial charge in [-0.2, -0.15) is 4.98 Å². The van der Waals surface area contributed by atoms with E-state index in [-0.39, 0.29) is 17.5 Å². The number of nitrogens with two attached hydrogens (primary N) is 1. The van der Waals surface area contributed by atoms with Crippen molar-refractivity contribution in [3.8, 4) is 0 Å². The molecule has 0 atom stereocenters. The van der Waals surface area contributed by atoms with Gasteiger partial charge < -0.3 is 4.90 Å². The summed E-state index contributed by atoms with van der Waals surface area (Å²) in [6.45, 7) is 3.05. The van der Waals surface area contributed by atoms with Crippen molar-refractivity contribution in [2.75, 3.05) is 16.9 Å². The summed E-state index contributed by atoms with van der Waals surface area (Å²) in [4.78, 5) is 21.4. The lowest BCUT2D eigenvalue weighted by Crippen LogP contribution is -2.24. The topological polar surface area (TPSA) is 110 Å². The number of thiophene rings is 1. The van der Waals surface area contributed by atoms with Gasteiger partial charge in [-0.05, 0) is 18.4 Å². The number of nitrogen functional groups attached to an aromatic ring is 1. The minimum absolute atomic E-state index is 0.137. The average Bonchev–Trinajstić information content (AvgIpc) is 2.97. The molecule has 0 saturated heterocycles. The van der Waals surface area contributed by atoms with E-state index in [1.165, 1.54) is 0 Å². The second-order valence-electron chi connectivity index (χ2n) is 3.90. The fraction of sp³-hybridized carbons (Fsp3) is 0.273. The van der Waals surface area contributed by atoms with Crippen molar-refractivity contribution in [2.45, 2.75) is 13.5 Å². The van der Waals surface area contributed by atoms with E-state index in [1.54, 1.807) is 11.3 Å². The summed E-state index contributed by atoms with van der Waals surface area (Å²) in [6, 6.07) is 3.91. The average molecular weight is 294 g/mol. The maximum absolute atomic E-state index is 11.1. The van der Waals surface area contributed by atoms with Crippen molar-refractivity contribution >= 4 is 28.8 Å². The van der Waals surface area contributed by atoms with Crippen molar-refractivity contribution in [2.24, 2.45) is 5.84 Å². The van der Waals surface area contributed by atoms with Crippen LogP contribution in [0.15, 0.2) is 23.7 Å². The van der Waals surface area contributed by atoms with Crippen molar-refractivity contribution < 1.29 is 4.92 Å². The number of nitro groups is 1. The Balaban J connectivity index is 2.38. The first-order chi connectivity index (χ1) is 9.65. The molecular weight excluding hydrogens is 280 g/mol. The molecule has 2 aromatic heterocycles. The van der Waals surface area contributed by atoms with Gasteiger partial charge in [-0.25, -0.2) is 10.8 Å². The van der Waals surface area contributed by atoms with Crippen LogP contribution in [-0.2, 0) is 6.54 Å². The van der Waals surface area contributed by atoms with Gasteiger partial charge in [0.05, 0.1) is 11.5 Å². The molecule has 0 aliphatic carbocycles. The Morgan fingerprint density at radius 2 is 2.40 bits per heavy atom. The molecule has 106 valence electrons. The maximum atomic E-state index is 11.1. The summed E-state index contributed by atoms with van der Waals surface area (Å²) in [6.07, 6.45) is 1.16. The predicted molar refractivity (Wildman–Crippen MR) is 77.5 cm³/mol. The zero-order valence-electron chi connectivity index (χ0n) is 10.8. The number of hydrogen-bond donors (Lipinski definition) is 2. The van der Waals surface area contributed by atoms with E-state index in [2.05, 4.69) is 15.4 Å². The molecule has 2 heterocycles. The van der Waals surface area contributed by atoms with Gasteiger partial charge in [-0.1, -0.05) is 6.07 Å². The molecule has 2 rings (SSSR count). The Hall–Kier alpha value is -2.26. The molecule has 0 fully saturated rings. The quantitative estimate of drug-likeness (QED) is 0.474. The van der Waals surface area contributed by atoms with Gasteiger partial charge in [0.1, 0.15) is 6.20 Å². The van der Waals surface area contributed by atoms with E-state index in [0.717, 1.165) is 11.1 Å². The molecule has 0 radical (unpaired) electrons. The third kappa shape index (κ3) is 3.00. The highest BCUT2D eigenvalue weighted by Crippen LogP contribution is 2.27.